The van der Waals surface area contributed by atoms with Crippen molar-refractivity contribution in [3.63, 3.8) is 0 Å². The molecule has 0 spiro atoms. The van der Waals surface area contributed by atoms with E-state index in [4.69, 9.17) is 17.3 Å². The van der Waals surface area contributed by atoms with E-state index in [1.165, 1.54) is 0 Å². The lowest BCUT2D eigenvalue weighted by molar-refractivity contribution is -0.117. The minimum Gasteiger partial charge on any atom is -0.383 e. The Morgan fingerprint density at radius 3 is 2.81 bits per heavy atom. The van der Waals surface area contributed by atoms with Crippen molar-refractivity contribution in [3.8, 4) is 11.3 Å². The van der Waals surface area contributed by atoms with E-state index in [0.717, 1.165) is 17.5 Å². The van der Waals surface area contributed by atoms with Crippen LogP contribution in [0.2, 0.25) is 5.02 Å². The summed E-state index contributed by atoms with van der Waals surface area (Å²) in [6.07, 6.45) is 5.94. The summed E-state index contributed by atoms with van der Waals surface area (Å²) in [6, 6.07) is 3.64. The fraction of sp³-hybridized carbons (Fsp3) is 0.263. The SMILES string of the molecule is Cc1ccncc1-c1nc(N)c2cnc(NC(=O)[C@@H]3C[C@H]3C)cc2c1Cl. The molecule has 0 radical (unpaired) electrons. The first-order chi connectivity index (χ1) is 12.5. The van der Waals surface area contributed by atoms with E-state index in [2.05, 4.69) is 27.2 Å². The quantitative estimate of drug-likeness (QED) is 0.733. The van der Waals surface area contributed by atoms with Crippen molar-refractivity contribution < 1.29 is 4.79 Å². The van der Waals surface area contributed by atoms with Gasteiger partial charge in [0.05, 0.1) is 10.7 Å². The van der Waals surface area contributed by atoms with Crippen LogP contribution in [0.3, 0.4) is 0 Å². The van der Waals surface area contributed by atoms with Gasteiger partial charge in [-0.25, -0.2) is 9.97 Å². The van der Waals surface area contributed by atoms with Gasteiger partial charge < -0.3 is 11.1 Å². The van der Waals surface area contributed by atoms with Gasteiger partial charge in [-0.1, -0.05) is 18.5 Å². The highest BCUT2D eigenvalue weighted by Crippen LogP contribution is 2.39. The number of aromatic nitrogens is 3. The van der Waals surface area contributed by atoms with Crippen LogP contribution in [0.5, 0.6) is 0 Å². The van der Waals surface area contributed by atoms with Gasteiger partial charge in [-0.15, -0.1) is 0 Å². The lowest BCUT2D eigenvalue weighted by atomic mass is 10.1. The second-order valence-electron chi connectivity index (χ2n) is 6.77. The van der Waals surface area contributed by atoms with Crippen LogP contribution in [0.15, 0.2) is 30.7 Å². The molecule has 7 heteroatoms. The summed E-state index contributed by atoms with van der Waals surface area (Å²) < 4.78 is 0. The van der Waals surface area contributed by atoms with Crippen molar-refractivity contribution in [3.05, 3.63) is 41.3 Å². The summed E-state index contributed by atoms with van der Waals surface area (Å²) in [7, 11) is 0. The summed E-state index contributed by atoms with van der Waals surface area (Å²) in [5.41, 5.74) is 8.51. The molecule has 0 aromatic carbocycles. The number of nitrogens with zero attached hydrogens (tertiary/aromatic N) is 3. The molecule has 3 N–H and O–H groups in total. The number of rotatable bonds is 3. The van der Waals surface area contributed by atoms with Gasteiger partial charge in [0.15, 0.2) is 0 Å². The predicted molar refractivity (Wildman–Crippen MR) is 103 cm³/mol. The van der Waals surface area contributed by atoms with Crippen molar-refractivity contribution in [2.45, 2.75) is 20.3 Å². The summed E-state index contributed by atoms with van der Waals surface area (Å²) in [4.78, 5) is 25.1. The average molecular weight is 368 g/mol. The van der Waals surface area contributed by atoms with Gasteiger partial charge in [-0.3, -0.25) is 9.78 Å². The van der Waals surface area contributed by atoms with Crippen LogP contribution in [-0.4, -0.2) is 20.9 Å². The lowest BCUT2D eigenvalue weighted by Crippen LogP contribution is -2.15. The lowest BCUT2D eigenvalue weighted by Gasteiger charge is -2.12. The molecule has 26 heavy (non-hydrogen) atoms. The molecule has 6 nitrogen and oxygen atoms in total. The standard InChI is InChI=1S/C19H18ClN5O/c1-9-3-4-22-7-13(9)17-16(20)12-6-15(23-8-14(12)18(21)25-17)24-19(26)11-5-10(11)2/h3-4,6-8,10-11H,5H2,1-2H3,(H2,21,25)(H,23,24,26)/t10-,11-/m1/s1. The first-order valence-corrected chi connectivity index (χ1v) is 8.80. The van der Waals surface area contributed by atoms with Crippen LogP contribution in [0.1, 0.15) is 18.9 Å². The molecule has 3 aromatic rings. The van der Waals surface area contributed by atoms with E-state index in [9.17, 15) is 4.79 Å². The maximum absolute atomic E-state index is 12.2. The maximum atomic E-state index is 12.2. The van der Waals surface area contributed by atoms with Crippen molar-refractivity contribution in [1.29, 1.82) is 0 Å². The number of hydrogen-bond acceptors (Lipinski definition) is 5. The number of carbonyl (C=O) groups is 1. The Morgan fingerprint density at radius 2 is 2.12 bits per heavy atom. The number of carbonyl (C=O) groups excluding carboxylic acids is 1. The molecule has 1 aliphatic rings. The molecule has 132 valence electrons. The Balaban J connectivity index is 1.80. The topological polar surface area (TPSA) is 93.8 Å². The second-order valence-corrected chi connectivity index (χ2v) is 7.15. The number of amides is 1. The number of nitrogens with one attached hydrogen (secondary N) is 1. The third kappa shape index (κ3) is 2.86. The zero-order chi connectivity index (χ0) is 18.4. The van der Waals surface area contributed by atoms with Gasteiger partial charge in [0.25, 0.3) is 0 Å². The van der Waals surface area contributed by atoms with Gasteiger partial charge in [0.2, 0.25) is 5.91 Å². The van der Waals surface area contributed by atoms with Crippen LogP contribution >= 0.6 is 11.6 Å². The molecule has 0 unspecified atom stereocenters. The molecule has 3 heterocycles. The number of halogens is 1. The van der Waals surface area contributed by atoms with Crippen LogP contribution in [0.25, 0.3) is 22.0 Å². The highest BCUT2D eigenvalue weighted by atomic mass is 35.5. The van der Waals surface area contributed by atoms with E-state index in [-0.39, 0.29) is 11.8 Å². The van der Waals surface area contributed by atoms with Gasteiger partial charge in [0, 0.05) is 40.8 Å². The molecule has 1 aliphatic carbocycles. The molecule has 1 amide bonds. The van der Waals surface area contributed by atoms with E-state index >= 15 is 0 Å². The third-order valence-corrected chi connectivity index (χ3v) is 5.23. The minimum absolute atomic E-state index is 0.00849. The third-order valence-electron chi connectivity index (χ3n) is 4.85. The second kappa shape index (κ2) is 6.21. The molecule has 0 bridgehead atoms. The zero-order valence-corrected chi connectivity index (χ0v) is 15.2. The summed E-state index contributed by atoms with van der Waals surface area (Å²) in [5.74, 6) is 1.29. The molecule has 2 atom stereocenters. The van der Waals surface area contributed by atoms with Gasteiger partial charge in [-0.05, 0) is 37.0 Å². The number of nitrogen functional groups attached to an aromatic ring is 1. The Kier molecular flexibility index (Phi) is 4.00. The molecule has 0 saturated heterocycles. The van der Waals surface area contributed by atoms with E-state index in [0.29, 0.717) is 39.0 Å². The summed E-state index contributed by atoms with van der Waals surface area (Å²) in [5, 5.41) is 4.67. The molecule has 0 aliphatic heterocycles. The number of aryl methyl sites for hydroxylation is 1. The average Bonchev–Trinajstić information content (AvgIpc) is 3.36. The van der Waals surface area contributed by atoms with E-state index in [1.54, 1.807) is 24.7 Å². The molecule has 4 rings (SSSR count). The zero-order valence-electron chi connectivity index (χ0n) is 14.5. The number of nitrogens with two attached hydrogens (primary N) is 1. The van der Waals surface area contributed by atoms with Gasteiger partial charge >= 0.3 is 0 Å². The van der Waals surface area contributed by atoms with E-state index < -0.39 is 0 Å². The fourth-order valence-corrected chi connectivity index (χ4v) is 3.36. The number of anilines is 2. The van der Waals surface area contributed by atoms with Crippen LogP contribution < -0.4 is 11.1 Å². The smallest absolute Gasteiger partial charge is 0.228 e. The summed E-state index contributed by atoms with van der Waals surface area (Å²) in [6.45, 7) is 4.02. The molecule has 3 aromatic heterocycles. The van der Waals surface area contributed by atoms with Crippen LogP contribution in [0, 0.1) is 18.8 Å². The monoisotopic (exact) mass is 367 g/mol. The molecule has 1 fully saturated rings. The van der Waals surface area contributed by atoms with Crippen molar-refractivity contribution in [1.82, 2.24) is 15.0 Å². The number of hydrogen-bond donors (Lipinski definition) is 2. The van der Waals surface area contributed by atoms with Crippen molar-refractivity contribution in [2.75, 3.05) is 11.1 Å². The Labute approximate surface area is 155 Å². The molecular weight excluding hydrogens is 350 g/mol. The Bertz CT molecular complexity index is 1040. The first kappa shape index (κ1) is 16.7. The van der Waals surface area contributed by atoms with Crippen molar-refractivity contribution >= 4 is 39.9 Å². The van der Waals surface area contributed by atoms with E-state index in [1.807, 2.05) is 13.0 Å². The van der Waals surface area contributed by atoms with Gasteiger partial charge in [0.1, 0.15) is 11.6 Å². The van der Waals surface area contributed by atoms with Crippen LogP contribution in [0.4, 0.5) is 11.6 Å². The Morgan fingerprint density at radius 1 is 1.35 bits per heavy atom. The molecule has 1 saturated carbocycles. The number of pyridine rings is 3. The highest BCUT2D eigenvalue weighted by Gasteiger charge is 2.39. The summed E-state index contributed by atoms with van der Waals surface area (Å²) >= 11 is 6.64. The fourth-order valence-electron chi connectivity index (χ4n) is 3.06. The maximum Gasteiger partial charge on any atom is 0.228 e. The van der Waals surface area contributed by atoms with Crippen LogP contribution in [-0.2, 0) is 4.79 Å². The normalized spacial score (nSPS) is 18.7. The Hall–Kier alpha value is -2.73. The number of fused-ring (bicyclic) bond motifs is 1. The first-order valence-electron chi connectivity index (χ1n) is 8.42. The van der Waals surface area contributed by atoms with Gasteiger partial charge in [-0.2, -0.15) is 0 Å². The minimum atomic E-state index is -0.00849. The largest absolute Gasteiger partial charge is 0.383 e. The van der Waals surface area contributed by atoms with Crippen molar-refractivity contribution in [2.24, 2.45) is 11.8 Å². The predicted octanol–water partition coefficient (Wildman–Crippen LogP) is 3.83. The molecular formula is C19H18ClN5O. The highest BCUT2D eigenvalue weighted by molar-refractivity contribution is 6.38.